The minimum atomic E-state index is -0.758. The first-order chi connectivity index (χ1) is 14.8. The average molecular weight is 415 g/mol. The molecule has 0 spiro atoms. The first kappa shape index (κ1) is 20.7. The number of carbonyl (C=O) groups excluding carboxylic acids is 2. The molecule has 2 amide bonds. The number of rotatable bonds is 5. The molecule has 0 saturated carbocycles. The number of aromatic nitrogens is 3. The highest BCUT2D eigenvalue weighted by molar-refractivity contribution is 6.05. The summed E-state index contributed by atoms with van der Waals surface area (Å²) in [5.41, 5.74) is 4.16. The van der Waals surface area contributed by atoms with Gasteiger partial charge >= 0.3 is 0 Å². The van der Waals surface area contributed by atoms with Crippen LogP contribution in [0.5, 0.6) is 0 Å². The first-order valence-corrected chi connectivity index (χ1v) is 10.2. The number of anilines is 1. The summed E-state index contributed by atoms with van der Waals surface area (Å²) in [7, 11) is 0. The van der Waals surface area contributed by atoms with E-state index in [0.29, 0.717) is 18.1 Å². The predicted octanol–water partition coefficient (Wildman–Crippen LogP) is 3.43. The number of carbonyl (C=O) groups is 2. The summed E-state index contributed by atoms with van der Waals surface area (Å²) < 4.78 is 0. The van der Waals surface area contributed by atoms with Gasteiger partial charge in [0.2, 0.25) is 5.91 Å². The van der Waals surface area contributed by atoms with E-state index in [1.54, 1.807) is 18.5 Å². The Morgan fingerprint density at radius 1 is 1.16 bits per heavy atom. The third-order valence-electron chi connectivity index (χ3n) is 6.05. The summed E-state index contributed by atoms with van der Waals surface area (Å²) in [5, 5.41) is 5.77. The van der Waals surface area contributed by atoms with Crippen molar-refractivity contribution in [1.82, 2.24) is 20.3 Å². The van der Waals surface area contributed by atoms with Crippen molar-refractivity contribution >= 4 is 17.6 Å². The molecular formula is C24H25N5O2. The van der Waals surface area contributed by atoms with Gasteiger partial charge in [-0.25, -0.2) is 4.98 Å². The number of aryl methyl sites for hydroxylation is 2. The Morgan fingerprint density at radius 2 is 1.90 bits per heavy atom. The van der Waals surface area contributed by atoms with Crippen LogP contribution in [-0.4, -0.2) is 26.8 Å². The van der Waals surface area contributed by atoms with Crippen molar-refractivity contribution in [3.8, 4) is 0 Å². The van der Waals surface area contributed by atoms with Crippen molar-refractivity contribution in [2.24, 2.45) is 0 Å². The number of hydrogen-bond acceptors (Lipinski definition) is 5. The van der Waals surface area contributed by atoms with Gasteiger partial charge in [0.05, 0.1) is 5.41 Å². The molecule has 4 heterocycles. The van der Waals surface area contributed by atoms with E-state index in [1.165, 1.54) is 0 Å². The molecule has 3 aromatic rings. The standard InChI is InChI=1S/C24H25N5O2/c1-14-10-17(11-15(2)28-14)12-27-22(30)20-8-7-18(13-26-20)16(3)24(4)19-6-5-9-25-21(19)29-23(24)31/h5-11,13,16H,12H2,1-4H3,(H,27,30)(H,25,29,31)/t16-,24-/m1/s1. The Labute approximate surface area is 181 Å². The second kappa shape index (κ2) is 7.91. The fourth-order valence-electron chi connectivity index (χ4n) is 4.14. The molecule has 1 aliphatic rings. The Hall–Kier alpha value is -3.61. The molecular weight excluding hydrogens is 390 g/mol. The van der Waals surface area contributed by atoms with Crippen LogP contribution in [0.1, 0.15) is 58.3 Å². The quantitative estimate of drug-likeness (QED) is 0.665. The van der Waals surface area contributed by atoms with Gasteiger partial charge in [-0.3, -0.25) is 19.6 Å². The van der Waals surface area contributed by atoms with Crippen LogP contribution >= 0.6 is 0 Å². The zero-order valence-corrected chi connectivity index (χ0v) is 18.1. The van der Waals surface area contributed by atoms with Crippen molar-refractivity contribution in [2.45, 2.75) is 45.6 Å². The Balaban J connectivity index is 1.49. The molecule has 4 rings (SSSR count). The second-order valence-electron chi connectivity index (χ2n) is 8.20. The van der Waals surface area contributed by atoms with Crippen molar-refractivity contribution in [3.63, 3.8) is 0 Å². The molecule has 0 saturated heterocycles. The van der Waals surface area contributed by atoms with Crippen molar-refractivity contribution in [2.75, 3.05) is 5.32 Å². The number of amides is 2. The van der Waals surface area contributed by atoms with E-state index in [2.05, 4.69) is 25.6 Å². The molecule has 31 heavy (non-hydrogen) atoms. The summed E-state index contributed by atoms with van der Waals surface area (Å²) in [5.74, 6) is 0.127. The van der Waals surface area contributed by atoms with Crippen LogP contribution in [-0.2, 0) is 16.8 Å². The third-order valence-corrected chi connectivity index (χ3v) is 6.05. The van der Waals surface area contributed by atoms with Gasteiger partial charge in [0.1, 0.15) is 11.5 Å². The van der Waals surface area contributed by atoms with Crippen LogP contribution in [0.4, 0.5) is 5.82 Å². The normalized spacial score (nSPS) is 18.3. The van der Waals surface area contributed by atoms with Gasteiger partial charge in [0.15, 0.2) is 0 Å². The van der Waals surface area contributed by atoms with Crippen molar-refractivity contribution in [3.05, 3.63) is 82.6 Å². The van der Waals surface area contributed by atoms with E-state index in [-0.39, 0.29) is 17.7 Å². The molecule has 0 aliphatic carbocycles. The maximum atomic E-state index is 12.8. The summed E-state index contributed by atoms with van der Waals surface area (Å²) in [6.07, 6.45) is 3.34. The molecule has 0 radical (unpaired) electrons. The monoisotopic (exact) mass is 415 g/mol. The number of hydrogen-bond donors (Lipinski definition) is 2. The van der Waals surface area contributed by atoms with Crippen LogP contribution < -0.4 is 10.6 Å². The highest BCUT2D eigenvalue weighted by Gasteiger charge is 2.47. The van der Waals surface area contributed by atoms with Crippen molar-refractivity contribution < 1.29 is 9.59 Å². The fourth-order valence-corrected chi connectivity index (χ4v) is 4.14. The minimum absolute atomic E-state index is 0.0848. The number of fused-ring (bicyclic) bond motifs is 1. The lowest BCUT2D eigenvalue weighted by molar-refractivity contribution is -0.120. The predicted molar refractivity (Wildman–Crippen MR) is 118 cm³/mol. The lowest BCUT2D eigenvalue weighted by Crippen LogP contribution is -2.36. The molecule has 7 nitrogen and oxygen atoms in total. The van der Waals surface area contributed by atoms with Gasteiger partial charge in [-0.2, -0.15) is 0 Å². The van der Waals surface area contributed by atoms with Crippen LogP contribution in [0, 0.1) is 13.8 Å². The maximum Gasteiger partial charge on any atom is 0.270 e. The largest absolute Gasteiger partial charge is 0.347 e. The maximum absolute atomic E-state index is 12.8. The lowest BCUT2D eigenvalue weighted by Gasteiger charge is -2.29. The topological polar surface area (TPSA) is 96.9 Å². The fraction of sp³-hybridized carbons (Fsp3) is 0.292. The van der Waals surface area contributed by atoms with E-state index < -0.39 is 5.41 Å². The number of pyridine rings is 3. The Kier molecular flexibility index (Phi) is 5.27. The smallest absolute Gasteiger partial charge is 0.270 e. The molecule has 0 bridgehead atoms. The van der Waals surface area contributed by atoms with E-state index in [0.717, 1.165) is 28.1 Å². The molecule has 0 aromatic carbocycles. The molecule has 2 atom stereocenters. The minimum Gasteiger partial charge on any atom is -0.347 e. The van der Waals surface area contributed by atoms with Gasteiger partial charge in [0, 0.05) is 41.8 Å². The van der Waals surface area contributed by atoms with Gasteiger partial charge in [-0.15, -0.1) is 0 Å². The van der Waals surface area contributed by atoms with Crippen LogP contribution in [0.3, 0.4) is 0 Å². The molecule has 158 valence electrons. The van der Waals surface area contributed by atoms with Crippen LogP contribution in [0.25, 0.3) is 0 Å². The molecule has 3 aromatic heterocycles. The van der Waals surface area contributed by atoms with Crippen molar-refractivity contribution in [1.29, 1.82) is 0 Å². The second-order valence-corrected chi connectivity index (χ2v) is 8.20. The molecule has 7 heteroatoms. The summed E-state index contributed by atoms with van der Waals surface area (Å²) in [4.78, 5) is 38.3. The van der Waals surface area contributed by atoms with Gasteiger partial charge in [0.25, 0.3) is 5.91 Å². The van der Waals surface area contributed by atoms with Gasteiger partial charge < -0.3 is 10.6 Å². The molecule has 0 unspecified atom stereocenters. The summed E-state index contributed by atoms with van der Waals surface area (Å²) in [6, 6.07) is 11.2. The SMILES string of the molecule is Cc1cc(CNC(=O)c2ccc([C@@H](C)[C@@]3(C)C(=O)Nc4ncccc43)cn2)cc(C)n1. The van der Waals surface area contributed by atoms with E-state index in [1.807, 2.05) is 58.0 Å². The van der Waals surface area contributed by atoms with Crippen LogP contribution in [0.2, 0.25) is 0 Å². The highest BCUT2D eigenvalue weighted by Crippen LogP contribution is 2.45. The van der Waals surface area contributed by atoms with E-state index in [4.69, 9.17) is 0 Å². The van der Waals surface area contributed by atoms with E-state index in [9.17, 15) is 9.59 Å². The number of nitrogens with zero attached hydrogens (tertiary/aromatic N) is 3. The lowest BCUT2D eigenvalue weighted by atomic mass is 9.71. The zero-order chi connectivity index (χ0) is 22.2. The molecule has 2 N–H and O–H groups in total. The average Bonchev–Trinajstić information content (AvgIpc) is 3.02. The Morgan fingerprint density at radius 3 is 2.58 bits per heavy atom. The zero-order valence-electron chi connectivity index (χ0n) is 18.1. The molecule has 1 aliphatic heterocycles. The van der Waals surface area contributed by atoms with Gasteiger partial charge in [-0.1, -0.05) is 19.1 Å². The molecule has 0 fully saturated rings. The third kappa shape index (κ3) is 3.79. The van der Waals surface area contributed by atoms with E-state index >= 15 is 0 Å². The Bertz CT molecular complexity index is 1140. The summed E-state index contributed by atoms with van der Waals surface area (Å²) >= 11 is 0. The first-order valence-electron chi connectivity index (χ1n) is 10.2. The highest BCUT2D eigenvalue weighted by atomic mass is 16.2. The van der Waals surface area contributed by atoms with Gasteiger partial charge in [-0.05, 0) is 56.2 Å². The number of nitrogens with one attached hydrogen (secondary N) is 2. The summed E-state index contributed by atoms with van der Waals surface area (Å²) in [6.45, 7) is 8.18. The van der Waals surface area contributed by atoms with Crippen LogP contribution in [0.15, 0.2) is 48.8 Å².